The van der Waals surface area contributed by atoms with Crippen LogP contribution in [0.2, 0.25) is 0 Å². The summed E-state index contributed by atoms with van der Waals surface area (Å²) in [6.45, 7) is 0. The highest BCUT2D eigenvalue weighted by molar-refractivity contribution is 5.39. The number of aromatic amines is 1. The van der Waals surface area contributed by atoms with Gasteiger partial charge < -0.3 is 15.6 Å². The first kappa shape index (κ1) is 12.7. The van der Waals surface area contributed by atoms with E-state index in [1.807, 2.05) is 7.05 Å². The highest BCUT2D eigenvalue weighted by atomic mass is 16.1. The molecule has 2 unspecified atom stereocenters. The average molecular weight is 262 g/mol. The number of H-pyrrole nitrogens is 1. The van der Waals surface area contributed by atoms with E-state index in [0.717, 1.165) is 37.3 Å². The van der Waals surface area contributed by atoms with Gasteiger partial charge in [-0.05, 0) is 25.7 Å². The van der Waals surface area contributed by atoms with Crippen LogP contribution >= 0.6 is 0 Å². The predicted molar refractivity (Wildman–Crippen MR) is 75.5 cm³/mol. The number of likely N-dealkylation sites (N-methyl/N-ethyl adjacent to an activating group) is 1. The van der Waals surface area contributed by atoms with Crippen molar-refractivity contribution in [1.82, 2.24) is 9.97 Å². The Hall–Kier alpha value is -1.36. The Labute approximate surface area is 113 Å². The molecule has 0 spiro atoms. The lowest BCUT2D eigenvalue weighted by Crippen LogP contribution is -2.48. The molecule has 0 aromatic carbocycles. The first-order valence-corrected chi connectivity index (χ1v) is 7.25. The summed E-state index contributed by atoms with van der Waals surface area (Å²) in [5.41, 5.74) is 6.16. The summed E-state index contributed by atoms with van der Waals surface area (Å²) < 4.78 is 0. The van der Waals surface area contributed by atoms with E-state index in [-0.39, 0.29) is 11.6 Å². The first-order chi connectivity index (χ1) is 9.15. The minimum absolute atomic E-state index is 0.0527. The van der Waals surface area contributed by atoms with Crippen molar-refractivity contribution in [2.45, 2.75) is 56.5 Å². The van der Waals surface area contributed by atoms with Gasteiger partial charge in [0.15, 0.2) is 0 Å². The summed E-state index contributed by atoms with van der Waals surface area (Å²) in [6.07, 6.45) is 6.85. The van der Waals surface area contributed by atoms with Crippen molar-refractivity contribution >= 4 is 5.82 Å². The molecule has 2 atom stereocenters. The van der Waals surface area contributed by atoms with Crippen LogP contribution in [0.15, 0.2) is 10.9 Å². The lowest BCUT2D eigenvalue weighted by atomic mass is 9.90. The van der Waals surface area contributed by atoms with Gasteiger partial charge in [-0.3, -0.25) is 4.79 Å². The third kappa shape index (κ3) is 2.66. The largest absolute Gasteiger partial charge is 0.355 e. The van der Waals surface area contributed by atoms with Crippen LogP contribution in [0.4, 0.5) is 5.82 Å². The number of hydrogen-bond acceptors (Lipinski definition) is 4. The molecule has 2 saturated carbocycles. The number of nitrogens with two attached hydrogens (primary N) is 1. The van der Waals surface area contributed by atoms with Gasteiger partial charge in [-0.2, -0.15) is 0 Å². The van der Waals surface area contributed by atoms with Gasteiger partial charge in [0.2, 0.25) is 0 Å². The fourth-order valence-electron chi connectivity index (χ4n) is 2.98. The van der Waals surface area contributed by atoms with Crippen LogP contribution in [0, 0.1) is 0 Å². The number of nitrogens with zero attached hydrogens (tertiary/aromatic N) is 2. The van der Waals surface area contributed by atoms with Crippen molar-refractivity contribution in [2.24, 2.45) is 5.73 Å². The van der Waals surface area contributed by atoms with E-state index in [1.54, 1.807) is 6.07 Å². The SMILES string of the molecule is CN(c1cc(=O)[nH]c(C2CC2)n1)C1CCCCC1N. The minimum atomic E-state index is -0.0527. The number of nitrogens with one attached hydrogen (secondary N) is 1. The van der Waals surface area contributed by atoms with Gasteiger partial charge in [0, 0.05) is 31.1 Å². The topological polar surface area (TPSA) is 75.0 Å². The van der Waals surface area contributed by atoms with Crippen LogP contribution < -0.4 is 16.2 Å². The normalized spacial score (nSPS) is 27.3. The molecule has 3 rings (SSSR count). The zero-order valence-electron chi connectivity index (χ0n) is 11.4. The van der Waals surface area contributed by atoms with Crippen LogP contribution in [0.1, 0.15) is 50.3 Å². The predicted octanol–water partition coefficient (Wildman–Crippen LogP) is 1.35. The van der Waals surface area contributed by atoms with Crippen molar-refractivity contribution in [2.75, 3.05) is 11.9 Å². The molecule has 2 aliphatic rings. The van der Waals surface area contributed by atoms with Crippen molar-refractivity contribution in [1.29, 1.82) is 0 Å². The number of anilines is 1. The van der Waals surface area contributed by atoms with Crippen LogP contribution in [0.25, 0.3) is 0 Å². The van der Waals surface area contributed by atoms with Crippen molar-refractivity contribution in [3.8, 4) is 0 Å². The van der Waals surface area contributed by atoms with E-state index < -0.39 is 0 Å². The minimum Gasteiger partial charge on any atom is -0.355 e. The molecule has 2 fully saturated rings. The second kappa shape index (κ2) is 4.96. The second-order valence-corrected chi connectivity index (χ2v) is 5.89. The maximum absolute atomic E-state index is 11.8. The molecule has 0 aliphatic heterocycles. The average Bonchev–Trinajstić information content (AvgIpc) is 3.22. The molecule has 1 aromatic heterocycles. The van der Waals surface area contributed by atoms with Gasteiger partial charge in [0.1, 0.15) is 11.6 Å². The Kier molecular flexibility index (Phi) is 3.31. The number of hydrogen-bond donors (Lipinski definition) is 2. The summed E-state index contributed by atoms with van der Waals surface area (Å²) >= 11 is 0. The molecule has 19 heavy (non-hydrogen) atoms. The molecule has 1 heterocycles. The molecule has 104 valence electrons. The Morgan fingerprint density at radius 3 is 2.74 bits per heavy atom. The highest BCUT2D eigenvalue weighted by Gasteiger charge is 2.29. The van der Waals surface area contributed by atoms with Crippen LogP contribution in [-0.2, 0) is 0 Å². The summed E-state index contributed by atoms with van der Waals surface area (Å²) in [6, 6.07) is 2.08. The van der Waals surface area contributed by atoms with Gasteiger partial charge in [0.25, 0.3) is 5.56 Å². The third-order valence-corrected chi connectivity index (χ3v) is 4.35. The van der Waals surface area contributed by atoms with E-state index >= 15 is 0 Å². The van der Waals surface area contributed by atoms with Crippen molar-refractivity contribution in [3.05, 3.63) is 22.2 Å². The van der Waals surface area contributed by atoms with Crippen LogP contribution in [-0.4, -0.2) is 29.1 Å². The molecular weight excluding hydrogens is 240 g/mol. The Morgan fingerprint density at radius 1 is 1.32 bits per heavy atom. The quantitative estimate of drug-likeness (QED) is 0.862. The van der Waals surface area contributed by atoms with Crippen LogP contribution in [0.3, 0.4) is 0 Å². The molecular formula is C14H22N4O. The maximum atomic E-state index is 11.8. The molecule has 5 heteroatoms. The summed E-state index contributed by atoms with van der Waals surface area (Å²) in [5, 5.41) is 0. The van der Waals surface area contributed by atoms with Gasteiger partial charge in [-0.25, -0.2) is 4.98 Å². The van der Waals surface area contributed by atoms with E-state index in [4.69, 9.17) is 5.73 Å². The molecule has 2 aliphatic carbocycles. The van der Waals surface area contributed by atoms with E-state index in [2.05, 4.69) is 14.9 Å². The van der Waals surface area contributed by atoms with Crippen molar-refractivity contribution in [3.63, 3.8) is 0 Å². The standard InChI is InChI=1S/C14H22N4O/c1-18(11-5-3-2-4-10(11)15)12-8-13(19)17-14(16-12)9-6-7-9/h8-11H,2-7,15H2,1H3,(H,16,17,19). The zero-order valence-corrected chi connectivity index (χ0v) is 11.4. The van der Waals surface area contributed by atoms with Gasteiger partial charge in [-0.15, -0.1) is 0 Å². The summed E-state index contributed by atoms with van der Waals surface area (Å²) in [7, 11) is 2.01. The fraction of sp³-hybridized carbons (Fsp3) is 0.714. The smallest absolute Gasteiger partial charge is 0.252 e. The van der Waals surface area contributed by atoms with Gasteiger partial charge in [0.05, 0.1) is 0 Å². The number of aromatic nitrogens is 2. The molecule has 0 bridgehead atoms. The third-order valence-electron chi connectivity index (χ3n) is 4.35. The first-order valence-electron chi connectivity index (χ1n) is 7.25. The molecule has 0 amide bonds. The molecule has 1 aromatic rings. The molecule has 0 saturated heterocycles. The maximum Gasteiger partial charge on any atom is 0.252 e. The Bertz CT molecular complexity index is 508. The fourth-order valence-corrected chi connectivity index (χ4v) is 2.98. The van der Waals surface area contributed by atoms with E-state index in [9.17, 15) is 4.79 Å². The van der Waals surface area contributed by atoms with Crippen molar-refractivity contribution < 1.29 is 0 Å². The Balaban J connectivity index is 1.85. The van der Waals surface area contributed by atoms with Gasteiger partial charge in [-0.1, -0.05) is 12.8 Å². The Morgan fingerprint density at radius 2 is 2.05 bits per heavy atom. The second-order valence-electron chi connectivity index (χ2n) is 5.89. The molecule has 0 radical (unpaired) electrons. The van der Waals surface area contributed by atoms with E-state index in [0.29, 0.717) is 12.0 Å². The number of rotatable bonds is 3. The lowest BCUT2D eigenvalue weighted by molar-refractivity contribution is 0.372. The van der Waals surface area contributed by atoms with E-state index in [1.165, 1.54) is 12.8 Å². The van der Waals surface area contributed by atoms with Crippen LogP contribution in [0.5, 0.6) is 0 Å². The summed E-state index contributed by atoms with van der Waals surface area (Å²) in [4.78, 5) is 21.3. The molecule has 5 nitrogen and oxygen atoms in total. The lowest BCUT2D eigenvalue weighted by Gasteiger charge is -2.36. The highest BCUT2D eigenvalue weighted by Crippen LogP contribution is 2.38. The molecule has 3 N–H and O–H groups in total. The summed E-state index contributed by atoms with van der Waals surface area (Å²) in [5.74, 6) is 2.08. The zero-order chi connectivity index (χ0) is 13.4. The monoisotopic (exact) mass is 262 g/mol. The van der Waals surface area contributed by atoms with Gasteiger partial charge >= 0.3 is 0 Å².